The molecule has 0 saturated heterocycles. The molecular weight excluding hydrogens is 436 g/mol. The molecule has 0 unspecified atom stereocenters. The number of carbonyl (C=O) groups excluding carboxylic acids is 3. The minimum absolute atomic E-state index is 0.0394. The number of benzene rings is 1. The lowest BCUT2D eigenvalue weighted by atomic mass is 10.2. The second-order valence-corrected chi connectivity index (χ2v) is 7.66. The molecule has 0 spiro atoms. The summed E-state index contributed by atoms with van der Waals surface area (Å²) in [5.74, 6) is -0.894. The van der Waals surface area contributed by atoms with Crippen LogP contribution in [0.5, 0.6) is 0 Å². The fourth-order valence-electron chi connectivity index (χ4n) is 3.41. The van der Waals surface area contributed by atoms with E-state index in [9.17, 15) is 19.6 Å². The van der Waals surface area contributed by atoms with Crippen LogP contribution in [0.4, 0.5) is 5.82 Å². The van der Waals surface area contributed by atoms with Crippen LogP contribution in [-0.4, -0.2) is 35.5 Å². The van der Waals surface area contributed by atoms with Gasteiger partial charge in [0.05, 0.1) is 11.8 Å². The van der Waals surface area contributed by atoms with Gasteiger partial charge >= 0.3 is 5.97 Å². The Morgan fingerprint density at radius 2 is 1.88 bits per heavy atom. The van der Waals surface area contributed by atoms with Gasteiger partial charge in [-0.3, -0.25) is 14.4 Å². The zero-order valence-electron chi connectivity index (χ0n) is 19.1. The number of amides is 2. The number of anilines is 1. The largest absolute Gasteiger partial charge is 0.459 e. The summed E-state index contributed by atoms with van der Waals surface area (Å²) in [6, 6.07) is 15.0. The van der Waals surface area contributed by atoms with Gasteiger partial charge in [-0.25, -0.2) is 0 Å². The Bertz CT molecular complexity index is 1190. The Kier molecular flexibility index (Phi) is 8.24. The van der Waals surface area contributed by atoms with Crippen molar-refractivity contribution in [1.29, 1.82) is 5.26 Å². The summed E-state index contributed by atoms with van der Waals surface area (Å²) in [6.45, 7) is 3.98. The third kappa shape index (κ3) is 6.13. The molecule has 2 aromatic heterocycles. The van der Waals surface area contributed by atoms with Crippen molar-refractivity contribution in [2.75, 3.05) is 18.5 Å². The second kappa shape index (κ2) is 11.5. The van der Waals surface area contributed by atoms with Crippen LogP contribution in [0.1, 0.15) is 45.8 Å². The first-order chi connectivity index (χ1) is 16.4. The number of nitrogens with zero attached hydrogens (tertiary/aromatic N) is 2. The zero-order chi connectivity index (χ0) is 24.5. The minimum atomic E-state index is -0.560. The van der Waals surface area contributed by atoms with Gasteiger partial charge in [-0.1, -0.05) is 30.3 Å². The number of furan rings is 1. The fourth-order valence-corrected chi connectivity index (χ4v) is 3.41. The Labute approximate surface area is 197 Å². The van der Waals surface area contributed by atoms with Crippen molar-refractivity contribution >= 4 is 23.6 Å². The predicted molar refractivity (Wildman–Crippen MR) is 124 cm³/mol. The maximum Gasteiger partial charge on any atom is 0.306 e. The van der Waals surface area contributed by atoms with E-state index in [1.807, 2.05) is 48.7 Å². The molecule has 9 heteroatoms. The molecule has 0 saturated carbocycles. The predicted octanol–water partition coefficient (Wildman–Crippen LogP) is 3.31. The van der Waals surface area contributed by atoms with Crippen LogP contribution >= 0.6 is 0 Å². The van der Waals surface area contributed by atoms with Gasteiger partial charge in [0.15, 0.2) is 12.4 Å². The van der Waals surface area contributed by atoms with Crippen molar-refractivity contribution < 1.29 is 23.5 Å². The molecule has 2 amide bonds. The van der Waals surface area contributed by atoms with E-state index in [-0.39, 0.29) is 24.6 Å². The molecule has 0 aliphatic heterocycles. The first-order valence-corrected chi connectivity index (χ1v) is 10.8. The molecule has 9 nitrogen and oxygen atoms in total. The van der Waals surface area contributed by atoms with Crippen LogP contribution in [0.3, 0.4) is 0 Å². The molecule has 1 aromatic carbocycles. The second-order valence-electron chi connectivity index (χ2n) is 7.66. The number of nitrogens with one attached hydrogen (secondary N) is 2. The van der Waals surface area contributed by atoms with Crippen molar-refractivity contribution in [2.24, 2.45) is 0 Å². The molecule has 0 aliphatic carbocycles. The van der Waals surface area contributed by atoms with E-state index >= 15 is 0 Å². The molecule has 0 atom stereocenters. The van der Waals surface area contributed by atoms with Crippen molar-refractivity contribution in [3.05, 3.63) is 76.9 Å². The van der Waals surface area contributed by atoms with E-state index < -0.39 is 18.5 Å². The van der Waals surface area contributed by atoms with Gasteiger partial charge in [-0.2, -0.15) is 5.26 Å². The molecule has 34 heavy (non-hydrogen) atoms. The summed E-state index contributed by atoms with van der Waals surface area (Å²) in [7, 11) is 0. The van der Waals surface area contributed by atoms with Crippen LogP contribution in [0, 0.1) is 25.2 Å². The summed E-state index contributed by atoms with van der Waals surface area (Å²) in [6.07, 6.45) is 1.79. The molecule has 0 fully saturated rings. The lowest BCUT2D eigenvalue weighted by Crippen LogP contribution is -2.25. The van der Waals surface area contributed by atoms with E-state index in [0.29, 0.717) is 24.3 Å². The summed E-state index contributed by atoms with van der Waals surface area (Å²) >= 11 is 0. The Morgan fingerprint density at radius 1 is 1.12 bits per heavy atom. The van der Waals surface area contributed by atoms with Crippen LogP contribution in [-0.2, 0) is 20.9 Å². The van der Waals surface area contributed by atoms with Crippen LogP contribution < -0.4 is 10.6 Å². The van der Waals surface area contributed by atoms with Gasteiger partial charge in [0, 0.05) is 25.2 Å². The molecule has 3 rings (SSSR count). The van der Waals surface area contributed by atoms with Crippen LogP contribution in [0.15, 0.2) is 53.1 Å². The number of ether oxygens (including phenoxy) is 1. The number of hydrogen-bond acceptors (Lipinski definition) is 6. The van der Waals surface area contributed by atoms with E-state index in [1.165, 1.54) is 6.26 Å². The standard InChI is InChI=1S/C25H26N4O5/c1-17-18(2)29(15-19-8-4-3-5-9-19)24(20(17)14-26)28-22(30)16-34-23(31)11-6-12-27-25(32)21-10-7-13-33-21/h3-5,7-10,13H,6,11-12,15-16H2,1-2H3,(H,27,32)(H,28,30). The highest BCUT2D eigenvalue weighted by Gasteiger charge is 2.20. The van der Waals surface area contributed by atoms with Crippen molar-refractivity contribution in [1.82, 2.24) is 9.88 Å². The molecule has 0 aliphatic rings. The summed E-state index contributed by atoms with van der Waals surface area (Å²) in [5, 5.41) is 15.0. The molecule has 2 heterocycles. The molecule has 2 N–H and O–H groups in total. The molecule has 0 radical (unpaired) electrons. The minimum Gasteiger partial charge on any atom is -0.459 e. The van der Waals surface area contributed by atoms with Gasteiger partial charge in [-0.15, -0.1) is 0 Å². The Morgan fingerprint density at radius 3 is 2.56 bits per heavy atom. The summed E-state index contributed by atoms with van der Waals surface area (Å²) < 4.78 is 11.9. The highest BCUT2D eigenvalue weighted by molar-refractivity contribution is 5.94. The number of aromatic nitrogens is 1. The first-order valence-electron chi connectivity index (χ1n) is 10.8. The lowest BCUT2D eigenvalue weighted by Gasteiger charge is -2.13. The van der Waals surface area contributed by atoms with Gasteiger partial charge < -0.3 is 24.4 Å². The van der Waals surface area contributed by atoms with E-state index in [2.05, 4.69) is 16.7 Å². The lowest BCUT2D eigenvalue weighted by molar-refractivity contribution is -0.147. The van der Waals surface area contributed by atoms with Gasteiger partial charge in [0.1, 0.15) is 11.9 Å². The molecule has 176 valence electrons. The van der Waals surface area contributed by atoms with E-state index in [4.69, 9.17) is 9.15 Å². The average molecular weight is 463 g/mol. The Hall–Kier alpha value is -4.32. The number of rotatable bonds is 10. The number of hydrogen-bond donors (Lipinski definition) is 2. The van der Waals surface area contributed by atoms with Gasteiger partial charge in [0.2, 0.25) is 0 Å². The molecule has 0 bridgehead atoms. The van der Waals surface area contributed by atoms with Gasteiger partial charge in [-0.05, 0) is 43.5 Å². The quantitative estimate of drug-likeness (QED) is 0.352. The average Bonchev–Trinajstić information content (AvgIpc) is 3.45. The normalized spacial score (nSPS) is 10.4. The Balaban J connectivity index is 1.51. The maximum atomic E-state index is 12.5. The summed E-state index contributed by atoms with van der Waals surface area (Å²) in [4.78, 5) is 36.2. The third-order valence-electron chi connectivity index (χ3n) is 5.33. The summed E-state index contributed by atoms with van der Waals surface area (Å²) in [5.41, 5.74) is 3.04. The van der Waals surface area contributed by atoms with Crippen molar-refractivity contribution in [3.63, 3.8) is 0 Å². The maximum absolute atomic E-state index is 12.5. The monoisotopic (exact) mass is 462 g/mol. The van der Waals surface area contributed by atoms with E-state index in [0.717, 1.165) is 16.8 Å². The van der Waals surface area contributed by atoms with Crippen molar-refractivity contribution in [3.8, 4) is 6.07 Å². The number of carbonyl (C=O) groups is 3. The number of nitriles is 1. The van der Waals surface area contributed by atoms with E-state index in [1.54, 1.807) is 12.1 Å². The van der Waals surface area contributed by atoms with Gasteiger partial charge in [0.25, 0.3) is 11.8 Å². The zero-order valence-corrected chi connectivity index (χ0v) is 19.1. The molecular formula is C25H26N4O5. The highest BCUT2D eigenvalue weighted by atomic mass is 16.5. The molecule has 3 aromatic rings. The fraction of sp³-hybridized carbons (Fsp3) is 0.280. The topological polar surface area (TPSA) is 126 Å². The van der Waals surface area contributed by atoms with Crippen LogP contribution in [0.2, 0.25) is 0 Å². The highest BCUT2D eigenvalue weighted by Crippen LogP contribution is 2.27. The first kappa shape index (κ1) is 24.3. The third-order valence-corrected chi connectivity index (χ3v) is 5.33. The van der Waals surface area contributed by atoms with Crippen molar-refractivity contribution in [2.45, 2.75) is 33.2 Å². The number of esters is 1. The smallest absolute Gasteiger partial charge is 0.306 e. The van der Waals surface area contributed by atoms with Crippen LogP contribution in [0.25, 0.3) is 0 Å². The SMILES string of the molecule is Cc1c(C#N)c(NC(=O)COC(=O)CCCNC(=O)c2ccco2)n(Cc2ccccc2)c1C.